The monoisotopic (exact) mass is 202 g/mol. The second-order valence-electron chi connectivity index (χ2n) is 5.83. The van der Waals surface area contributed by atoms with Crippen molar-refractivity contribution in [2.24, 2.45) is 22.7 Å². The van der Waals surface area contributed by atoms with Crippen molar-refractivity contribution in [3.8, 4) is 0 Å². The molecule has 80 valence electrons. The first kappa shape index (κ1) is 9.38. The van der Waals surface area contributed by atoms with Crippen molar-refractivity contribution in [3.05, 3.63) is 23.8 Å². The Balaban J connectivity index is 2.24. The molecule has 1 fully saturated rings. The quantitative estimate of drug-likeness (QED) is 0.551. The summed E-state index contributed by atoms with van der Waals surface area (Å²) in [5.41, 5.74) is 1.31. The molecule has 4 aliphatic carbocycles. The van der Waals surface area contributed by atoms with E-state index in [-0.39, 0.29) is 16.7 Å². The Bertz CT molecular complexity index is 404. The molecule has 0 N–H and O–H groups in total. The van der Waals surface area contributed by atoms with E-state index in [2.05, 4.69) is 39.0 Å². The van der Waals surface area contributed by atoms with E-state index in [0.717, 1.165) is 12.8 Å². The summed E-state index contributed by atoms with van der Waals surface area (Å²) in [6.07, 6.45) is 8.97. The predicted molar refractivity (Wildman–Crippen MR) is 60.3 cm³/mol. The molecule has 2 bridgehead atoms. The van der Waals surface area contributed by atoms with Crippen molar-refractivity contribution in [3.63, 3.8) is 0 Å². The maximum atomic E-state index is 12.5. The molecule has 1 heteroatoms. The highest BCUT2D eigenvalue weighted by Crippen LogP contribution is 2.62. The van der Waals surface area contributed by atoms with E-state index in [4.69, 9.17) is 0 Å². The number of carbonyl (C=O) groups excluding carboxylic acids is 1. The van der Waals surface area contributed by atoms with Gasteiger partial charge in [-0.3, -0.25) is 4.79 Å². The Labute approximate surface area is 91.2 Å². The van der Waals surface area contributed by atoms with Crippen LogP contribution in [0, 0.1) is 22.7 Å². The van der Waals surface area contributed by atoms with Gasteiger partial charge in [0.1, 0.15) is 5.78 Å². The van der Waals surface area contributed by atoms with Crippen LogP contribution >= 0.6 is 0 Å². The van der Waals surface area contributed by atoms with Crippen LogP contribution in [0.15, 0.2) is 23.8 Å². The Morgan fingerprint density at radius 3 is 2.93 bits per heavy atom. The maximum absolute atomic E-state index is 12.5. The van der Waals surface area contributed by atoms with Gasteiger partial charge in [-0.1, -0.05) is 37.6 Å². The summed E-state index contributed by atoms with van der Waals surface area (Å²) < 4.78 is 0. The van der Waals surface area contributed by atoms with E-state index in [9.17, 15) is 4.79 Å². The van der Waals surface area contributed by atoms with Gasteiger partial charge in [-0.05, 0) is 31.1 Å². The molecule has 4 aliphatic rings. The molecule has 1 nitrogen and oxygen atoms in total. The maximum Gasteiger partial charge on any atom is 0.147 e. The lowest BCUT2D eigenvalue weighted by molar-refractivity contribution is -0.142. The number of Topliss-reactive ketones (excluding diaryl/α,β-unsaturated/α-hetero) is 1. The zero-order valence-corrected chi connectivity index (χ0v) is 9.71. The molecule has 0 aromatic carbocycles. The second-order valence-corrected chi connectivity index (χ2v) is 5.83. The molecule has 1 spiro atoms. The standard InChI is InChI=1S/C14H18O/c1-9-7-13(3)8-11-5-4-6-14(9,11)12(15)10(13)2/h4-5,7,10-11H,6,8H2,1-3H3/t10?,11-,13+,14-/m0/s1. The fourth-order valence-corrected chi connectivity index (χ4v) is 4.05. The topological polar surface area (TPSA) is 17.1 Å². The predicted octanol–water partition coefficient (Wildman–Crippen LogP) is 3.12. The third-order valence-electron chi connectivity index (χ3n) is 5.17. The number of allylic oxidation sites excluding steroid dienone is 4. The first-order chi connectivity index (χ1) is 7.01. The Morgan fingerprint density at radius 1 is 1.47 bits per heavy atom. The molecular formula is C14H18O. The van der Waals surface area contributed by atoms with Crippen LogP contribution in [0.4, 0.5) is 0 Å². The first-order valence-electron chi connectivity index (χ1n) is 5.92. The van der Waals surface area contributed by atoms with E-state index in [1.165, 1.54) is 5.57 Å². The molecule has 1 unspecified atom stereocenters. The fourth-order valence-electron chi connectivity index (χ4n) is 4.05. The molecule has 1 saturated carbocycles. The summed E-state index contributed by atoms with van der Waals surface area (Å²) in [7, 11) is 0. The molecule has 0 radical (unpaired) electrons. The smallest absolute Gasteiger partial charge is 0.147 e. The van der Waals surface area contributed by atoms with Crippen molar-refractivity contribution in [2.75, 3.05) is 0 Å². The SMILES string of the molecule is CC1=C[C@]2(C)C[C@@H]3C=CC[C@]13C(=O)C2C. The van der Waals surface area contributed by atoms with Gasteiger partial charge in [0.05, 0.1) is 5.41 Å². The summed E-state index contributed by atoms with van der Waals surface area (Å²) in [6, 6.07) is 0. The lowest BCUT2D eigenvalue weighted by Crippen LogP contribution is -2.55. The summed E-state index contributed by atoms with van der Waals surface area (Å²) in [4.78, 5) is 12.5. The number of rotatable bonds is 0. The Morgan fingerprint density at radius 2 is 2.20 bits per heavy atom. The summed E-state index contributed by atoms with van der Waals surface area (Å²) in [5, 5.41) is 0. The zero-order valence-electron chi connectivity index (χ0n) is 9.71. The van der Waals surface area contributed by atoms with Crippen LogP contribution in [0.3, 0.4) is 0 Å². The van der Waals surface area contributed by atoms with Crippen molar-refractivity contribution >= 4 is 5.78 Å². The molecule has 4 rings (SSSR count). The van der Waals surface area contributed by atoms with Gasteiger partial charge in [-0.25, -0.2) is 0 Å². The van der Waals surface area contributed by atoms with Crippen LogP contribution in [0.25, 0.3) is 0 Å². The molecule has 15 heavy (non-hydrogen) atoms. The van der Waals surface area contributed by atoms with Gasteiger partial charge >= 0.3 is 0 Å². The Hall–Kier alpha value is -0.850. The van der Waals surface area contributed by atoms with Gasteiger partial charge < -0.3 is 0 Å². The molecule has 0 aromatic heterocycles. The van der Waals surface area contributed by atoms with Crippen LogP contribution in [-0.2, 0) is 4.79 Å². The highest BCUT2D eigenvalue weighted by atomic mass is 16.1. The number of carbonyl (C=O) groups is 1. The largest absolute Gasteiger partial charge is 0.298 e. The average molecular weight is 202 g/mol. The normalized spacial score (nSPS) is 51.9. The van der Waals surface area contributed by atoms with Crippen LogP contribution in [0.5, 0.6) is 0 Å². The average Bonchev–Trinajstić information content (AvgIpc) is 2.58. The van der Waals surface area contributed by atoms with Gasteiger partial charge in [0.15, 0.2) is 0 Å². The highest BCUT2D eigenvalue weighted by Gasteiger charge is 2.60. The minimum Gasteiger partial charge on any atom is -0.298 e. The van der Waals surface area contributed by atoms with Crippen molar-refractivity contribution in [1.82, 2.24) is 0 Å². The lowest BCUT2D eigenvalue weighted by atomic mass is 9.47. The van der Waals surface area contributed by atoms with Crippen LogP contribution in [-0.4, -0.2) is 5.78 Å². The molecule has 0 aromatic rings. The van der Waals surface area contributed by atoms with Crippen molar-refractivity contribution < 1.29 is 4.79 Å². The number of ketones is 1. The molecule has 0 aliphatic heterocycles. The van der Waals surface area contributed by atoms with Gasteiger partial charge in [0.2, 0.25) is 0 Å². The van der Waals surface area contributed by atoms with E-state index in [1.54, 1.807) is 0 Å². The molecule has 0 saturated heterocycles. The first-order valence-corrected chi connectivity index (χ1v) is 5.92. The molecule has 0 heterocycles. The summed E-state index contributed by atoms with van der Waals surface area (Å²) >= 11 is 0. The molecular weight excluding hydrogens is 184 g/mol. The van der Waals surface area contributed by atoms with Gasteiger partial charge in [-0.15, -0.1) is 0 Å². The third-order valence-corrected chi connectivity index (χ3v) is 5.17. The Kier molecular flexibility index (Phi) is 1.53. The van der Waals surface area contributed by atoms with Crippen LogP contribution < -0.4 is 0 Å². The molecule has 0 amide bonds. The minimum atomic E-state index is -0.128. The van der Waals surface area contributed by atoms with Crippen molar-refractivity contribution in [1.29, 1.82) is 0 Å². The molecule has 4 atom stereocenters. The second kappa shape index (κ2) is 2.45. The zero-order chi connectivity index (χ0) is 10.8. The van der Waals surface area contributed by atoms with Gasteiger partial charge in [-0.2, -0.15) is 0 Å². The minimum absolute atomic E-state index is 0.113. The summed E-state index contributed by atoms with van der Waals surface area (Å²) in [6.45, 7) is 6.51. The highest BCUT2D eigenvalue weighted by molar-refractivity contribution is 5.94. The lowest BCUT2D eigenvalue weighted by Gasteiger charge is -2.54. The van der Waals surface area contributed by atoms with Crippen LogP contribution in [0.1, 0.15) is 33.6 Å². The number of hydrogen-bond acceptors (Lipinski definition) is 1. The van der Waals surface area contributed by atoms with E-state index in [0.29, 0.717) is 11.7 Å². The van der Waals surface area contributed by atoms with E-state index in [1.807, 2.05) is 0 Å². The third kappa shape index (κ3) is 0.839. The van der Waals surface area contributed by atoms with Crippen molar-refractivity contribution in [2.45, 2.75) is 33.6 Å². The summed E-state index contributed by atoms with van der Waals surface area (Å²) in [5.74, 6) is 1.18. The van der Waals surface area contributed by atoms with Crippen LogP contribution in [0.2, 0.25) is 0 Å². The van der Waals surface area contributed by atoms with E-state index >= 15 is 0 Å². The van der Waals surface area contributed by atoms with E-state index < -0.39 is 0 Å². The number of hydrogen-bond donors (Lipinski definition) is 0. The van der Waals surface area contributed by atoms with Gasteiger partial charge in [0, 0.05) is 5.92 Å². The van der Waals surface area contributed by atoms with Gasteiger partial charge in [0.25, 0.3) is 0 Å². The number of fused-ring (bicyclic) bond motifs is 1. The fraction of sp³-hybridized carbons (Fsp3) is 0.643.